The monoisotopic (exact) mass is 453 g/mol. The molecule has 9 nitrogen and oxygen atoms in total. The number of methoxy groups -OCH3 is 2. The van der Waals surface area contributed by atoms with Crippen LogP contribution in [0.2, 0.25) is 0 Å². The van der Waals surface area contributed by atoms with E-state index in [1.807, 2.05) is 0 Å². The first-order valence-corrected chi connectivity index (χ1v) is 9.64. The molecular weight excluding hydrogens is 434 g/mol. The van der Waals surface area contributed by atoms with Crippen molar-refractivity contribution in [1.29, 1.82) is 0 Å². The molecular formula is C22H19N3O6S. The van der Waals surface area contributed by atoms with Gasteiger partial charge in [0.1, 0.15) is 17.6 Å². The van der Waals surface area contributed by atoms with Gasteiger partial charge < -0.3 is 24.3 Å². The Kier molecular flexibility index (Phi) is 7.65. The van der Waals surface area contributed by atoms with Gasteiger partial charge in [-0.15, -0.1) is 0 Å². The zero-order valence-corrected chi connectivity index (χ0v) is 18.0. The minimum Gasteiger partial charge on any atom is -0.503 e. The van der Waals surface area contributed by atoms with Crippen LogP contribution >= 0.6 is 12.6 Å². The second kappa shape index (κ2) is 10.8. The van der Waals surface area contributed by atoms with Gasteiger partial charge in [-0.1, -0.05) is 43.0 Å². The van der Waals surface area contributed by atoms with Crippen molar-refractivity contribution < 1.29 is 28.5 Å². The summed E-state index contributed by atoms with van der Waals surface area (Å²) in [4.78, 5) is 31.6. The minimum atomic E-state index is -0.586. The summed E-state index contributed by atoms with van der Waals surface area (Å²) < 4.78 is 21.5. The zero-order chi connectivity index (χ0) is 22.9. The molecule has 3 rings (SSSR count). The van der Waals surface area contributed by atoms with Crippen molar-refractivity contribution >= 4 is 35.1 Å². The molecule has 1 N–H and O–H groups in total. The highest BCUT2D eigenvalue weighted by Gasteiger charge is 2.18. The molecule has 0 radical (unpaired) electrons. The van der Waals surface area contributed by atoms with Crippen LogP contribution in [0, 0.1) is 0 Å². The quantitative estimate of drug-likeness (QED) is 0.219. The second-order valence-corrected chi connectivity index (χ2v) is 6.49. The first kappa shape index (κ1) is 22.6. The molecule has 164 valence electrons. The van der Waals surface area contributed by atoms with Crippen LogP contribution in [-0.2, 0) is 14.3 Å². The Labute approximate surface area is 189 Å². The van der Waals surface area contributed by atoms with Crippen LogP contribution in [0.1, 0.15) is 5.56 Å². The molecule has 3 aromatic rings. The molecule has 2 aromatic carbocycles. The van der Waals surface area contributed by atoms with Crippen molar-refractivity contribution in [3.63, 3.8) is 0 Å². The molecule has 0 unspecified atom stereocenters. The van der Waals surface area contributed by atoms with Gasteiger partial charge in [-0.2, -0.15) is 0 Å². The second-order valence-electron chi connectivity index (χ2n) is 6.08. The van der Waals surface area contributed by atoms with E-state index in [1.165, 1.54) is 32.9 Å². The first-order chi connectivity index (χ1) is 15.5. The van der Waals surface area contributed by atoms with Crippen LogP contribution in [0.5, 0.6) is 23.3 Å². The van der Waals surface area contributed by atoms with Crippen molar-refractivity contribution in [3.05, 3.63) is 72.8 Å². The van der Waals surface area contributed by atoms with Gasteiger partial charge in [0.15, 0.2) is 5.75 Å². The number of esters is 1. The van der Waals surface area contributed by atoms with Gasteiger partial charge >= 0.3 is 5.97 Å². The third-order valence-electron chi connectivity index (χ3n) is 3.99. The van der Waals surface area contributed by atoms with Crippen molar-refractivity contribution in [2.24, 2.45) is 0 Å². The van der Waals surface area contributed by atoms with Gasteiger partial charge in [-0.3, -0.25) is 4.79 Å². The van der Waals surface area contributed by atoms with E-state index in [0.717, 1.165) is 0 Å². The van der Waals surface area contributed by atoms with E-state index in [4.69, 9.17) is 18.9 Å². The van der Waals surface area contributed by atoms with Crippen molar-refractivity contribution in [2.75, 3.05) is 19.5 Å². The number of benzene rings is 2. The molecule has 32 heavy (non-hydrogen) atoms. The molecule has 1 heterocycles. The normalized spacial score (nSPS) is 10.8. The fourth-order valence-electron chi connectivity index (χ4n) is 2.66. The molecule has 1 aromatic heterocycles. The van der Waals surface area contributed by atoms with Gasteiger partial charge in [0, 0.05) is 5.56 Å². The van der Waals surface area contributed by atoms with E-state index in [9.17, 15) is 9.59 Å². The van der Waals surface area contributed by atoms with E-state index >= 15 is 0 Å². The minimum absolute atomic E-state index is 0.166. The van der Waals surface area contributed by atoms with Crippen molar-refractivity contribution in [2.45, 2.75) is 0 Å². The number of anilines is 1. The van der Waals surface area contributed by atoms with Gasteiger partial charge in [0.25, 0.3) is 5.24 Å². The standard InChI is InChI=1S/C22H19N3O6S/c1-28-12-15(21(26)29-2)14-7-3-5-9-17(14)30-19-11-20(24-13-23-19)31-18-10-6-4-8-16(18)25-22(27)32/h3-13H,1-2H3,(H2,25,27,32). The Morgan fingerprint density at radius 2 is 1.56 bits per heavy atom. The van der Waals surface area contributed by atoms with Crippen LogP contribution in [0.15, 0.2) is 67.2 Å². The predicted octanol–water partition coefficient (Wildman–Crippen LogP) is 4.68. The van der Waals surface area contributed by atoms with Gasteiger partial charge in [-0.05, 0) is 18.2 Å². The predicted molar refractivity (Wildman–Crippen MR) is 120 cm³/mol. The van der Waals surface area contributed by atoms with Crippen LogP contribution < -0.4 is 14.8 Å². The largest absolute Gasteiger partial charge is 0.503 e. The summed E-state index contributed by atoms with van der Waals surface area (Å²) in [5, 5.41) is 2.03. The molecule has 1 amide bonds. The number of nitrogens with one attached hydrogen (secondary N) is 1. The summed E-state index contributed by atoms with van der Waals surface area (Å²) >= 11 is 3.72. The molecule has 10 heteroatoms. The summed E-state index contributed by atoms with van der Waals surface area (Å²) in [6, 6.07) is 15.1. The van der Waals surface area contributed by atoms with Crippen LogP contribution in [0.3, 0.4) is 0 Å². The molecule has 0 spiro atoms. The molecule has 0 saturated carbocycles. The van der Waals surface area contributed by atoms with E-state index in [1.54, 1.807) is 48.5 Å². The van der Waals surface area contributed by atoms with Crippen LogP contribution in [0.25, 0.3) is 5.57 Å². The molecule has 0 aliphatic rings. The fraction of sp³-hybridized carbons (Fsp3) is 0.0909. The molecule has 0 atom stereocenters. The lowest BCUT2D eigenvalue weighted by atomic mass is 10.1. The van der Waals surface area contributed by atoms with E-state index in [2.05, 4.69) is 27.9 Å². The number of thiol groups is 1. The van der Waals surface area contributed by atoms with E-state index in [0.29, 0.717) is 22.7 Å². The average Bonchev–Trinajstić information content (AvgIpc) is 2.79. The van der Waals surface area contributed by atoms with Gasteiger partial charge in [0.05, 0.1) is 32.2 Å². The lowest BCUT2D eigenvalue weighted by Crippen LogP contribution is -2.06. The maximum atomic E-state index is 12.2. The third kappa shape index (κ3) is 5.76. The third-order valence-corrected chi connectivity index (χ3v) is 4.10. The highest BCUT2D eigenvalue weighted by atomic mass is 32.1. The number of hydrogen-bond acceptors (Lipinski definition) is 8. The Morgan fingerprint density at radius 1 is 0.938 bits per heavy atom. The first-order valence-electron chi connectivity index (χ1n) is 9.19. The molecule has 0 aliphatic carbocycles. The van der Waals surface area contributed by atoms with Crippen molar-refractivity contribution in [3.8, 4) is 23.3 Å². The number of hydrogen-bond donors (Lipinski definition) is 2. The number of carbonyl (C=O) groups excluding carboxylic acids is 2. The molecule has 0 fully saturated rings. The summed E-state index contributed by atoms with van der Waals surface area (Å²) in [6.45, 7) is 0. The number of para-hydroxylation sites is 3. The lowest BCUT2D eigenvalue weighted by Gasteiger charge is -2.13. The summed E-state index contributed by atoms with van der Waals surface area (Å²) in [6.07, 6.45) is 2.54. The maximum absolute atomic E-state index is 12.2. The SMILES string of the molecule is COC=C(C(=O)OC)c1ccccc1Oc1cc(Oc2ccccc2NC(=O)S)ncn1. The Hall–Kier alpha value is -4.05. The van der Waals surface area contributed by atoms with Gasteiger partial charge in [-0.25, -0.2) is 14.8 Å². The van der Waals surface area contributed by atoms with E-state index in [-0.39, 0.29) is 17.3 Å². The Morgan fingerprint density at radius 3 is 2.22 bits per heavy atom. The molecule has 0 bridgehead atoms. The number of carbonyl (C=O) groups is 2. The summed E-state index contributed by atoms with van der Waals surface area (Å²) in [7, 11) is 2.70. The Bertz CT molecular complexity index is 1150. The number of nitrogens with zero attached hydrogens (tertiary/aromatic N) is 2. The highest BCUT2D eigenvalue weighted by Crippen LogP contribution is 2.33. The number of ether oxygens (including phenoxy) is 4. The number of rotatable bonds is 8. The average molecular weight is 453 g/mol. The topological polar surface area (TPSA) is 109 Å². The Balaban J connectivity index is 1.88. The summed E-state index contributed by atoms with van der Waals surface area (Å²) in [5.41, 5.74) is 1.04. The highest BCUT2D eigenvalue weighted by molar-refractivity contribution is 7.96. The number of aromatic nitrogens is 2. The fourth-order valence-corrected chi connectivity index (χ4v) is 2.78. The molecule has 0 saturated heterocycles. The maximum Gasteiger partial charge on any atom is 0.341 e. The lowest BCUT2D eigenvalue weighted by molar-refractivity contribution is -0.133. The van der Waals surface area contributed by atoms with Crippen LogP contribution in [-0.4, -0.2) is 35.4 Å². The molecule has 0 aliphatic heterocycles. The van der Waals surface area contributed by atoms with Crippen LogP contribution in [0.4, 0.5) is 10.5 Å². The van der Waals surface area contributed by atoms with E-state index < -0.39 is 11.2 Å². The van der Waals surface area contributed by atoms with Crippen molar-refractivity contribution in [1.82, 2.24) is 9.97 Å². The number of amides is 1. The van der Waals surface area contributed by atoms with Gasteiger partial charge in [0.2, 0.25) is 11.8 Å². The zero-order valence-electron chi connectivity index (χ0n) is 17.1. The smallest absolute Gasteiger partial charge is 0.341 e. The summed E-state index contributed by atoms with van der Waals surface area (Å²) in [5.74, 6) is 0.454.